The first-order valence-electron chi connectivity index (χ1n) is 9.08. The number of nitro groups is 1. The molecule has 1 N–H and O–H groups in total. The van der Waals surface area contributed by atoms with Gasteiger partial charge in [-0.05, 0) is 56.0 Å². The highest BCUT2D eigenvalue weighted by Gasteiger charge is 2.32. The number of nitrogens with one attached hydrogen (secondary N) is 1. The molecule has 1 unspecified atom stereocenters. The molecule has 1 amide bonds. The van der Waals surface area contributed by atoms with Crippen molar-refractivity contribution in [2.24, 2.45) is 0 Å². The van der Waals surface area contributed by atoms with E-state index in [1.165, 1.54) is 18.2 Å². The number of carbonyl (C=O) groups is 1. The predicted octanol–water partition coefficient (Wildman–Crippen LogP) is 3.70. The number of amides is 1. The van der Waals surface area contributed by atoms with Crippen LogP contribution in [0.4, 0.5) is 17.1 Å². The molecule has 29 heavy (non-hydrogen) atoms. The highest BCUT2D eigenvalue weighted by molar-refractivity contribution is 7.92. The van der Waals surface area contributed by atoms with Gasteiger partial charge < -0.3 is 5.32 Å². The minimum atomic E-state index is -3.76. The summed E-state index contributed by atoms with van der Waals surface area (Å²) in [6, 6.07) is 8.33. The van der Waals surface area contributed by atoms with E-state index in [0.717, 1.165) is 21.7 Å². The van der Waals surface area contributed by atoms with E-state index < -0.39 is 26.9 Å². The van der Waals surface area contributed by atoms with E-state index in [0.29, 0.717) is 11.3 Å². The SMILES string of the molecule is CCC(C(=O)Nc1cc([N+](=O)[O-])ccc1C)N(c1ccc(C)c(C)c1)S(C)(=O)=O. The maximum Gasteiger partial charge on any atom is 0.271 e. The topological polar surface area (TPSA) is 110 Å². The van der Waals surface area contributed by atoms with Gasteiger partial charge in [0, 0.05) is 12.1 Å². The number of nitrogens with zero attached hydrogens (tertiary/aromatic N) is 2. The minimum Gasteiger partial charge on any atom is -0.324 e. The Morgan fingerprint density at radius 2 is 1.72 bits per heavy atom. The van der Waals surface area contributed by atoms with Gasteiger partial charge in [-0.15, -0.1) is 0 Å². The summed E-state index contributed by atoms with van der Waals surface area (Å²) in [5.74, 6) is -0.556. The third-order valence-electron chi connectivity index (χ3n) is 4.76. The molecule has 2 rings (SSSR count). The van der Waals surface area contributed by atoms with Crippen molar-refractivity contribution in [2.45, 2.75) is 40.2 Å². The molecule has 8 nitrogen and oxygen atoms in total. The molecule has 0 radical (unpaired) electrons. The van der Waals surface area contributed by atoms with Crippen LogP contribution in [0.5, 0.6) is 0 Å². The number of hydrogen-bond donors (Lipinski definition) is 1. The normalized spacial score (nSPS) is 12.3. The fourth-order valence-electron chi connectivity index (χ4n) is 3.00. The van der Waals surface area contributed by atoms with E-state index in [2.05, 4.69) is 5.32 Å². The van der Waals surface area contributed by atoms with E-state index in [4.69, 9.17) is 0 Å². The second-order valence-corrected chi connectivity index (χ2v) is 8.86. The monoisotopic (exact) mass is 419 g/mol. The summed E-state index contributed by atoms with van der Waals surface area (Å²) < 4.78 is 26.2. The van der Waals surface area contributed by atoms with Crippen molar-refractivity contribution < 1.29 is 18.1 Å². The van der Waals surface area contributed by atoms with Crippen LogP contribution in [-0.4, -0.2) is 31.5 Å². The Kier molecular flexibility index (Phi) is 6.63. The Morgan fingerprint density at radius 3 is 2.24 bits per heavy atom. The fourth-order valence-corrected chi connectivity index (χ4v) is 4.20. The van der Waals surface area contributed by atoms with Crippen molar-refractivity contribution in [2.75, 3.05) is 15.9 Å². The fraction of sp³-hybridized carbons (Fsp3) is 0.350. The number of non-ortho nitro benzene ring substituents is 1. The summed E-state index contributed by atoms with van der Waals surface area (Å²) in [4.78, 5) is 23.5. The van der Waals surface area contributed by atoms with Crippen LogP contribution in [0.25, 0.3) is 0 Å². The van der Waals surface area contributed by atoms with Crippen LogP contribution in [-0.2, 0) is 14.8 Å². The van der Waals surface area contributed by atoms with E-state index in [1.54, 1.807) is 32.0 Å². The van der Waals surface area contributed by atoms with Crippen LogP contribution in [0.1, 0.15) is 30.0 Å². The number of hydrogen-bond acceptors (Lipinski definition) is 5. The van der Waals surface area contributed by atoms with Crippen molar-refractivity contribution in [3.63, 3.8) is 0 Å². The number of carbonyl (C=O) groups excluding carboxylic acids is 1. The van der Waals surface area contributed by atoms with Crippen LogP contribution in [0.15, 0.2) is 36.4 Å². The molecule has 0 saturated heterocycles. The smallest absolute Gasteiger partial charge is 0.271 e. The van der Waals surface area contributed by atoms with Gasteiger partial charge in [0.25, 0.3) is 5.69 Å². The van der Waals surface area contributed by atoms with Gasteiger partial charge in [0.15, 0.2) is 0 Å². The van der Waals surface area contributed by atoms with Crippen molar-refractivity contribution >= 4 is 33.0 Å². The second-order valence-electron chi connectivity index (χ2n) is 7.00. The molecule has 0 heterocycles. The molecule has 0 aliphatic carbocycles. The minimum absolute atomic E-state index is 0.159. The van der Waals surface area contributed by atoms with Gasteiger partial charge in [-0.25, -0.2) is 8.42 Å². The predicted molar refractivity (Wildman–Crippen MR) is 114 cm³/mol. The van der Waals surface area contributed by atoms with Gasteiger partial charge >= 0.3 is 0 Å². The quantitative estimate of drug-likeness (QED) is 0.543. The Bertz CT molecular complexity index is 1050. The van der Waals surface area contributed by atoms with Crippen molar-refractivity contribution in [3.05, 3.63) is 63.2 Å². The van der Waals surface area contributed by atoms with E-state index in [9.17, 15) is 23.3 Å². The van der Waals surface area contributed by atoms with E-state index in [-0.39, 0.29) is 17.8 Å². The van der Waals surface area contributed by atoms with Crippen LogP contribution < -0.4 is 9.62 Å². The molecular weight excluding hydrogens is 394 g/mol. The van der Waals surface area contributed by atoms with Crippen molar-refractivity contribution in [1.29, 1.82) is 0 Å². The molecule has 0 bridgehead atoms. The van der Waals surface area contributed by atoms with Crippen LogP contribution in [0, 0.1) is 30.9 Å². The standard InChI is InChI=1S/C20H25N3O5S/c1-6-19(20(24)21-18-12-17(23(25)26)10-8-14(18)3)22(29(5,27)28)16-9-7-13(2)15(4)11-16/h7-12,19H,6H2,1-5H3,(H,21,24). The van der Waals surface area contributed by atoms with Gasteiger partial charge in [-0.1, -0.05) is 19.1 Å². The molecule has 156 valence electrons. The number of anilines is 2. The van der Waals surface area contributed by atoms with Crippen LogP contribution in [0.3, 0.4) is 0 Å². The molecule has 0 aromatic heterocycles. The molecule has 0 fully saturated rings. The third kappa shape index (κ3) is 5.11. The second kappa shape index (κ2) is 8.60. The molecule has 0 saturated carbocycles. The number of benzene rings is 2. The van der Waals surface area contributed by atoms with Crippen molar-refractivity contribution in [3.8, 4) is 0 Å². The zero-order chi connectivity index (χ0) is 21.9. The maximum atomic E-state index is 13.0. The van der Waals surface area contributed by atoms with Gasteiger partial charge in [0.2, 0.25) is 15.9 Å². The summed E-state index contributed by atoms with van der Waals surface area (Å²) in [5.41, 5.74) is 3.06. The van der Waals surface area contributed by atoms with Gasteiger partial charge in [0.1, 0.15) is 6.04 Å². The summed E-state index contributed by atoms with van der Waals surface area (Å²) in [7, 11) is -3.76. The molecule has 9 heteroatoms. The van der Waals surface area contributed by atoms with E-state index >= 15 is 0 Å². The van der Waals surface area contributed by atoms with Crippen molar-refractivity contribution in [1.82, 2.24) is 0 Å². The van der Waals surface area contributed by atoms with E-state index in [1.807, 2.05) is 13.8 Å². The molecular formula is C20H25N3O5S. The Morgan fingerprint density at radius 1 is 1.10 bits per heavy atom. The number of nitro benzene ring substituents is 1. The molecule has 2 aromatic carbocycles. The van der Waals surface area contributed by atoms with Crippen LogP contribution in [0.2, 0.25) is 0 Å². The Balaban J connectivity index is 2.45. The Labute approximate surface area is 170 Å². The lowest BCUT2D eigenvalue weighted by atomic mass is 10.1. The number of sulfonamides is 1. The highest BCUT2D eigenvalue weighted by atomic mass is 32.2. The van der Waals surface area contributed by atoms with Crippen LogP contribution >= 0.6 is 0 Å². The van der Waals surface area contributed by atoms with Gasteiger partial charge in [-0.3, -0.25) is 19.2 Å². The first-order chi connectivity index (χ1) is 13.5. The summed E-state index contributed by atoms with van der Waals surface area (Å²) in [5, 5.41) is 13.7. The highest BCUT2D eigenvalue weighted by Crippen LogP contribution is 2.27. The lowest BCUT2D eigenvalue weighted by Gasteiger charge is -2.30. The van der Waals surface area contributed by atoms with Gasteiger partial charge in [-0.2, -0.15) is 0 Å². The lowest BCUT2D eigenvalue weighted by Crippen LogP contribution is -2.47. The zero-order valence-electron chi connectivity index (χ0n) is 17.1. The molecule has 1 atom stereocenters. The molecule has 0 aliphatic rings. The third-order valence-corrected chi connectivity index (χ3v) is 5.94. The maximum absolute atomic E-state index is 13.0. The lowest BCUT2D eigenvalue weighted by molar-refractivity contribution is -0.384. The average molecular weight is 420 g/mol. The molecule has 0 spiro atoms. The molecule has 0 aliphatic heterocycles. The average Bonchev–Trinajstić information content (AvgIpc) is 2.62. The number of rotatable bonds is 7. The first kappa shape index (κ1) is 22.4. The largest absolute Gasteiger partial charge is 0.324 e. The Hall–Kier alpha value is -2.94. The van der Waals surface area contributed by atoms with Gasteiger partial charge in [0.05, 0.1) is 22.6 Å². The zero-order valence-corrected chi connectivity index (χ0v) is 17.9. The first-order valence-corrected chi connectivity index (χ1v) is 10.9. The summed E-state index contributed by atoms with van der Waals surface area (Å²) in [6.07, 6.45) is 1.27. The summed E-state index contributed by atoms with van der Waals surface area (Å²) in [6.45, 7) is 7.20. The molecule has 2 aromatic rings. The number of aryl methyl sites for hydroxylation is 3. The summed E-state index contributed by atoms with van der Waals surface area (Å²) >= 11 is 0.